The van der Waals surface area contributed by atoms with E-state index in [-0.39, 0.29) is 55.2 Å². The van der Waals surface area contributed by atoms with Crippen LogP contribution in [0.3, 0.4) is 0 Å². The summed E-state index contributed by atoms with van der Waals surface area (Å²) in [6.45, 7) is 11.9. The Morgan fingerprint density at radius 2 is 1.86 bits per heavy atom. The minimum absolute atomic E-state index is 0.0123. The summed E-state index contributed by atoms with van der Waals surface area (Å²) >= 11 is 0. The first-order valence-electron chi connectivity index (χ1n) is 13.1. The van der Waals surface area contributed by atoms with E-state index in [0.717, 1.165) is 18.4 Å². The molecular formula is C28H43NO7. The molecule has 1 amide bonds. The average molecular weight is 506 g/mol. The maximum absolute atomic E-state index is 12.2. The number of aliphatic hydroxyl groups excluding tert-OH is 1. The number of hydrogen-bond donors (Lipinski definition) is 2. The molecule has 0 aliphatic carbocycles. The lowest BCUT2D eigenvalue weighted by Gasteiger charge is -2.51. The van der Waals surface area contributed by atoms with E-state index >= 15 is 0 Å². The van der Waals surface area contributed by atoms with E-state index in [1.807, 2.05) is 39.8 Å². The van der Waals surface area contributed by atoms with E-state index < -0.39 is 18.0 Å². The van der Waals surface area contributed by atoms with Gasteiger partial charge in [0.2, 0.25) is 11.7 Å². The lowest BCUT2D eigenvalue weighted by molar-refractivity contribution is -0.451. The average Bonchev–Trinajstić information content (AvgIpc) is 2.77. The Hall–Kier alpha value is -1.84. The van der Waals surface area contributed by atoms with E-state index in [2.05, 4.69) is 18.3 Å². The van der Waals surface area contributed by atoms with E-state index in [1.54, 1.807) is 12.2 Å². The quantitative estimate of drug-likeness (QED) is 0.365. The van der Waals surface area contributed by atoms with Crippen LogP contribution in [0.15, 0.2) is 36.0 Å². The number of carbonyl (C=O) groups excluding carboxylic acids is 2. The molecular weight excluding hydrogens is 462 g/mol. The Morgan fingerprint density at radius 3 is 2.47 bits per heavy atom. The monoisotopic (exact) mass is 505 g/mol. The number of nitrogens with one attached hydrogen (secondary N) is 1. The fourth-order valence-corrected chi connectivity index (χ4v) is 4.96. The molecule has 202 valence electrons. The van der Waals surface area contributed by atoms with Gasteiger partial charge in [-0.1, -0.05) is 50.6 Å². The maximum Gasteiger partial charge on any atom is 0.243 e. The van der Waals surface area contributed by atoms with Gasteiger partial charge in [0.1, 0.15) is 18.0 Å². The van der Waals surface area contributed by atoms with E-state index in [1.165, 1.54) is 6.92 Å². The third-order valence-corrected chi connectivity index (χ3v) is 7.14. The third kappa shape index (κ3) is 7.59. The topological polar surface area (TPSA) is 103 Å². The summed E-state index contributed by atoms with van der Waals surface area (Å²) in [5.74, 6) is -0.526. The molecule has 3 aliphatic rings. The first-order valence-corrected chi connectivity index (χ1v) is 13.1. The summed E-state index contributed by atoms with van der Waals surface area (Å²) in [7, 11) is 0. The second-order valence-electron chi connectivity index (χ2n) is 10.8. The van der Waals surface area contributed by atoms with Crippen molar-refractivity contribution in [3.8, 4) is 0 Å². The van der Waals surface area contributed by atoms with E-state index in [4.69, 9.17) is 18.9 Å². The van der Waals surface area contributed by atoms with Crippen molar-refractivity contribution < 1.29 is 33.6 Å². The standard InChI is InChI=1S/C28H43NO7/c1-17(2)7-12-26(31)29-23-13-19(4)24(35-21(23)6)10-8-18(3)9-11-25-27(32)28(33-16-34-28)15-22(36-25)14-20(5)30/h7-9,11-12,17,19,21-25,27,32H,10,13-16H2,1-6H3,(H,29,31)/b11-9+,12-7-,18-8+/t19-,21+,22+,23+,24-,25+,27+/m0/s1. The predicted octanol–water partition coefficient (Wildman–Crippen LogP) is 3.59. The van der Waals surface area contributed by atoms with E-state index in [0.29, 0.717) is 12.3 Å². The zero-order valence-corrected chi connectivity index (χ0v) is 22.4. The van der Waals surface area contributed by atoms with Gasteiger partial charge >= 0.3 is 0 Å². The molecule has 0 aromatic heterocycles. The Balaban J connectivity index is 1.54. The van der Waals surface area contributed by atoms with Gasteiger partial charge in [-0.25, -0.2) is 0 Å². The summed E-state index contributed by atoms with van der Waals surface area (Å²) in [4.78, 5) is 23.8. The minimum atomic E-state index is -1.09. The summed E-state index contributed by atoms with van der Waals surface area (Å²) in [5.41, 5.74) is 1.02. The highest BCUT2D eigenvalue weighted by Gasteiger charge is 2.55. The van der Waals surface area contributed by atoms with Gasteiger partial charge in [-0.3, -0.25) is 9.59 Å². The van der Waals surface area contributed by atoms with Crippen LogP contribution in [-0.2, 0) is 28.5 Å². The van der Waals surface area contributed by atoms with Crippen LogP contribution in [0, 0.1) is 11.8 Å². The summed E-state index contributed by atoms with van der Waals surface area (Å²) in [6, 6.07) is -0.0123. The molecule has 0 bridgehead atoms. The molecule has 8 nitrogen and oxygen atoms in total. The van der Waals surface area contributed by atoms with Crippen LogP contribution in [0.2, 0.25) is 0 Å². The molecule has 1 spiro atoms. The van der Waals surface area contributed by atoms with Gasteiger partial charge in [0.15, 0.2) is 6.79 Å². The SMILES string of the molecule is CC(=O)C[C@@H]1CC2(OCO2)[C@H](O)[C@@H](/C=C/C(C)=C/C[C@@H]2O[C@H](C)[C@H](NC(=O)/C=C\C(C)C)C[C@@H]2C)O1. The number of ketones is 1. The van der Waals surface area contributed by atoms with Crippen molar-refractivity contribution in [2.45, 2.75) is 110 Å². The zero-order chi connectivity index (χ0) is 26.5. The lowest BCUT2D eigenvalue weighted by atomic mass is 9.88. The number of aliphatic hydroxyl groups is 1. The van der Waals surface area contributed by atoms with Gasteiger partial charge in [0, 0.05) is 12.8 Å². The maximum atomic E-state index is 12.2. The van der Waals surface area contributed by atoms with Gasteiger partial charge in [0.25, 0.3) is 0 Å². The predicted molar refractivity (Wildman–Crippen MR) is 136 cm³/mol. The molecule has 2 N–H and O–H groups in total. The lowest BCUT2D eigenvalue weighted by Crippen LogP contribution is -2.65. The number of carbonyl (C=O) groups is 2. The molecule has 0 aromatic rings. The zero-order valence-electron chi connectivity index (χ0n) is 22.4. The van der Waals surface area contributed by atoms with Crippen LogP contribution in [0.1, 0.15) is 67.2 Å². The fourth-order valence-electron chi connectivity index (χ4n) is 4.96. The number of allylic oxidation sites excluding steroid dienone is 3. The van der Waals surface area contributed by atoms with E-state index in [9.17, 15) is 14.7 Å². The Bertz CT molecular complexity index is 860. The first-order chi connectivity index (χ1) is 17.0. The number of hydrogen-bond acceptors (Lipinski definition) is 7. The van der Waals surface area contributed by atoms with Crippen LogP contribution >= 0.6 is 0 Å². The van der Waals surface area contributed by atoms with Crippen molar-refractivity contribution in [3.63, 3.8) is 0 Å². The Labute approximate surface area is 215 Å². The molecule has 3 aliphatic heterocycles. The second-order valence-corrected chi connectivity index (χ2v) is 10.8. The van der Waals surface area contributed by atoms with Gasteiger partial charge in [-0.2, -0.15) is 0 Å². The molecule has 0 aromatic carbocycles. The molecule has 3 saturated heterocycles. The molecule has 8 heteroatoms. The van der Waals surface area contributed by atoms with Crippen molar-refractivity contribution in [1.29, 1.82) is 0 Å². The highest BCUT2D eigenvalue weighted by molar-refractivity contribution is 5.87. The molecule has 3 heterocycles. The highest BCUT2D eigenvalue weighted by atomic mass is 16.9. The molecule has 0 saturated carbocycles. The largest absolute Gasteiger partial charge is 0.384 e. The van der Waals surface area contributed by atoms with Crippen LogP contribution in [0.5, 0.6) is 0 Å². The van der Waals surface area contributed by atoms with Gasteiger partial charge < -0.3 is 29.4 Å². The van der Waals surface area contributed by atoms with Crippen molar-refractivity contribution in [1.82, 2.24) is 5.32 Å². The summed E-state index contributed by atoms with van der Waals surface area (Å²) in [6.07, 6.45) is 9.53. The summed E-state index contributed by atoms with van der Waals surface area (Å²) < 4.78 is 23.4. The van der Waals surface area contributed by atoms with Crippen molar-refractivity contribution >= 4 is 11.7 Å². The molecule has 0 radical (unpaired) electrons. The van der Waals surface area contributed by atoms with Crippen molar-refractivity contribution in [2.75, 3.05) is 6.79 Å². The molecule has 3 rings (SSSR count). The van der Waals surface area contributed by atoms with Crippen LogP contribution in [-0.4, -0.2) is 65.9 Å². The van der Waals surface area contributed by atoms with Gasteiger partial charge in [-0.15, -0.1) is 0 Å². The molecule has 7 atom stereocenters. The number of ether oxygens (including phenoxy) is 4. The number of amides is 1. The second kappa shape index (κ2) is 12.6. The van der Waals surface area contributed by atoms with Crippen LogP contribution in [0.4, 0.5) is 0 Å². The van der Waals surface area contributed by atoms with Crippen LogP contribution in [0.25, 0.3) is 0 Å². The fraction of sp³-hybridized carbons (Fsp3) is 0.714. The Morgan fingerprint density at radius 1 is 1.14 bits per heavy atom. The normalized spacial score (nSPS) is 34.9. The van der Waals surface area contributed by atoms with Crippen molar-refractivity contribution in [3.05, 3.63) is 36.0 Å². The Kier molecular flexibility index (Phi) is 10.1. The third-order valence-electron chi connectivity index (χ3n) is 7.14. The van der Waals surface area contributed by atoms with Crippen LogP contribution < -0.4 is 5.32 Å². The number of Topliss-reactive ketones (excluding diaryl/α,β-unsaturated/α-hetero) is 1. The first kappa shape index (κ1) is 28.7. The smallest absolute Gasteiger partial charge is 0.243 e. The molecule has 36 heavy (non-hydrogen) atoms. The minimum Gasteiger partial charge on any atom is -0.384 e. The van der Waals surface area contributed by atoms with Gasteiger partial charge in [0.05, 0.1) is 24.4 Å². The highest BCUT2D eigenvalue weighted by Crippen LogP contribution is 2.40. The van der Waals surface area contributed by atoms with Gasteiger partial charge in [-0.05, 0) is 51.5 Å². The van der Waals surface area contributed by atoms with Crippen molar-refractivity contribution in [2.24, 2.45) is 11.8 Å². The summed E-state index contributed by atoms with van der Waals surface area (Å²) in [5, 5.41) is 13.8. The molecule has 3 fully saturated rings. The molecule has 0 unspecified atom stereocenters. The number of rotatable bonds is 9.